The molecule has 2 saturated heterocycles. The normalized spacial score (nSPS) is 22.7. The van der Waals surface area contributed by atoms with Gasteiger partial charge in [0.1, 0.15) is 0 Å². The van der Waals surface area contributed by atoms with Crippen LogP contribution >= 0.6 is 0 Å². The number of fused-ring (bicyclic) bond motifs is 2. The van der Waals surface area contributed by atoms with Gasteiger partial charge in [0.05, 0.1) is 5.52 Å². The van der Waals surface area contributed by atoms with Gasteiger partial charge in [-0.2, -0.15) is 0 Å². The molecule has 0 saturated carbocycles. The first-order chi connectivity index (χ1) is 11.6. The summed E-state index contributed by atoms with van der Waals surface area (Å²) in [5.74, 6) is 0. The quantitative estimate of drug-likeness (QED) is 0.923. The van der Waals surface area contributed by atoms with Crippen LogP contribution in [0.2, 0.25) is 0 Å². The Morgan fingerprint density at radius 2 is 1.96 bits per heavy atom. The van der Waals surface area contributed by atoms with Crippen molar-refractivity contribution < 1.29 is 0 Å². The van der Waals surface area contributed by atoms with E-state index in [0.717, 1.165) is 47.4 Å². The Balaban J connectivity index is 1.59. The fourth-order valence-corrected chi connectivity index (χ4v) is 4.41. The summed E-state index contributed by atoms with van der Waals surface area (Å²) >= 11 is 0. The maximum absolute atomic E-state index is 12.6. The molecule has 2 aliphatic heterocycles. The second-order valence-corrected chi connectivity index (χ2v) is 7.53. The number of hydrogen-bond acceptors (Lipinski definition) is 3. The van der Waals surface area contributed by atoms with Crippen molar-refractivity contribution in [2.24, 2.45) is 0 Å². The molecule has 2 fully saturated rings. The van der Waals surface area contributed by atoms with Crippen LogP contribution in [0.1, 0.15) is 36.1 Å². The van der Waals surface area contributed by atoms with Crippen LogP contribution in [0.4, 0.5) is 0 Å². The number of nitrogens with zero attached hydrogens (tertiary/aromatic N) is 2. The lowest BCUT2D eigenvalue weighted by Crippen LogP contribution is -2.54. The van der Waals surface area contributed by atoms with Crippen LogP contribution in [-0.2, 0) is 6.54 Å². The van der Waals surface area contributed by atoms with Crippen molar-refractivity contribution in [3.8, 4) is 0 Å². The van der Waals surface area contributed by atoms with E-state index in [2.05, 4.69) is 27.8 Å². The molecule has 0 amide bonds. The van der Waals surface area contributed by atoms with Gasteiger partial charge in [-0.25, -0.2) is 0 Å². The zero-order chi connectivity index (χ0) is 16.7. The van der Waals surface area contributed by atoms with Crippen molar-refractivity contribution in [2.45, 2.75) is 45.7 Å². The van der Waals surface area contributed by atoms with E-state index < -0.39 is 0 Å². The molecule has 3 heterocycles. The average molecular weight is 325 g/mol. The van der Waals surface area contributed by atoms with E-state index in [4.69, 9.17) is 0 Å². The molecule has 1 aromatic heterocycles. The average Bonchev–Trinajstić information content (AvgIpc) is 2.58. The Bertz CT molecular complexity index is 810. The number of aromatic amines is 1. The summed E-state index contributed by atoms with van der Waals surface area (Å²) in [5.41, 5.74) is 4.40. The number of rotatable bonds is 2. The second-order valence-electron chi connectivity index (χ2n) is 7.53. The first kappa shape index (κ1) is 15.9. The Labute approximate surface area is 143 Å². The molecule has 1 aromatic carbocycles. The van der Waals surface area contributed by atoms with Gasteiger partial charge >= 0.3 is 0 Å². The lowest BCUT2D eigenvalue weighted by atomic mass is 9.99. The molecule has 4 heteroatoms. The smallest absolute Gasteiger partial charge is 0.189 e. The summed E-state index contributed by atoms with van der Waals surface area (Å²) in [6, 6.07) is 6.65. The highest BCUT2D eigenvalue weighted by Gasteiger charge is 2.28. The number of nitrogens with one attached hydrogen (secondary N) is 1. The van der Waals surface area contributed by atoms with Crippen LogP contribution in [0.3, 0.4) is 0 Å². The van der Waals surface area contributed by atoms with Gasteiger partial charge in [0.2, 0.25) is 0 Å². The highest BCUT2D eigenvalue weighted by Crippen LogP contribution is 2.22. The molecule has 2 aliphatic rings. The molecule has 0 spiro atoms. The molecular weight excluding hydrogens is 298 g/mol. The minimum atomic E-state index is 0.149. The summed E-state index contributed by atoms with van der Waals surface area (Å²) in [6.45, 7) is 9.60. The number of piperazine rings is 1. The van der Waals surface area contributed by atoms with Gasteiger partial charge in [0, 0.05) is 49.4 Å². The molecule has 0 bridgehead atoms. The molecule has 1 atom stereocenters. The highest BCUT2D eigenvalue weighted by molar-refractivity contribution is 5.84. The fourth-order valence-electron chi connectivity index (χ4n) is 4.41. The van der Waals surface area contributed by atoms with Crippen molar-refractivity contribution in [3.05, 3.63) is 45.2 Å². The lowest BCUT2D eigenvalue weighted by molar-refractivity contribution is 0.0451. The van der Waals surface area contributed by atoms with Crippen molar-refractivity contribution in [1.29, 1.82) is 0 Å². The molecular formula is C20H27N3O. The van der Waals surface area contributed by atoms with E-state index in [-0.39, 0.29) is 5.43 Å². The molecule has 4 nitrogen and oxygen atoms in total. The monoisotopic (exact) mass is 325 g/mol. The molecule has 4 rings (SSSR count). The van der Waals surface area contributed by atoms with E-state index >= 15 is 0 Å². The molecule has 0 unspecified atom stereocenters. The van der Waals surface area contributed by atoms with Crippen LogP contribution < -0.4 is 5.43 Å². The molecule has 0 radical (unpaired) electrons. The van der Waals surface area contributed by atoms with Crippen LogP contribution in [0, 0.1) is 13.8 Å². The highest BCUT2D eigenvalue weighted by atomic mass is 16.1. The first-order valence-electron chi connectivity index (χ1n) is 9.20. The molecule has 2 aromatic rings. The summed E-state index contributed by atoms with van der Waals surface area (Å²) in [4.78, 5) is 21.3. The second kappa shape index (κ2) is 6.34. The third-order valence-corrected chi connectivity index (χ3v) is 5.77. The van der Waals surface area contributed by atoms with Crippen molar-refractivity contribution in [2.75, 3.05) is 26.2 Å². The van der Waals surface area contributed by atoms with Crippen molar-refractivity contribution in [1.82, 2.24) is 14.8 Å². The van der Waals surface area contributed by atoms with Gasteiger partial charge in [-0.15, -0.1) is 0 Å². The van der Waals surface area contributed by atoms with E-state index in [9.17, 15) is 4.79 Å². The van der Waals surface area contributed by atoms with Gasteiger partial charge in [-0.1, -0.05) is 18.6 Å². The summed E-state index contributed by atoms with van der Waals surface area (Å²) < 4.78 is 0. The minimum Gasteiger partial charge on any atom is -0.357 e. The fraction of sp³-hybridized carbons (Fsp3) is 0.550. The number of benzene rings is 1. The topological polar surface area (TPSA) is 39.3 Å². The largest absolute Gasteiger partial charge is 0.357 e. The van der Waals surface area contributed by atoms with E-state index in [1.165, 1.54) is 32.4 Å². The van der Waals surface area contributed by atoms with Gasteiger partial charge in [0.25, 0.3) is 0 Å². The number of aryl methyl sites for hydroxylation is 2. The predicted octanol–water partition coefficient (Wildman–Crippen LogP) is 2.82. The van der Waals surface area contributed by atoms with Gasteiger partial charge in [-0.05, 0) is 44.4 Å². The zero-order valence-corrected chi connectivity index (χ0v) is 14.8. The Kier molecular flexibility index (Phi) is 4.19. The number of hydrogen-bond donors (Lipinski definition) is 1. The van der Waals surface area contributed by atoms with Crippen molar-refractivity contribution >= 4 is 10.9 Å². The molecule has 24 heavy (non-hydrogen) atoms. The Hall–Kier alpha value is -1.65. The molecule has 0 aliphatic carbocycles. The Morgan fingerprint density at radius 3 is 2.83 bits per heavy atom. The summed E-state index contributed by atoms with van der Waals surface area (Å²) in [7, 11) is 0. The van der Waals surface area contributed by atoms with Gasteiger partial charge in [-0.3, -0.25) is 14.6 Å². The third kappa shape index (κ3) is 2.89. The van der Waals surface area contributed by atoms with Crippen LogP contribution in [0.5, 0.6) is 0 Å². The minimum absolute atomic E-state index is 0.149. The van der Waals surface area contributed by atoms with Gasteiger partial charge < -0.3 is 4.98 Å². The van der Waals surface area contributed by atoms with Crippen molar-refractivity contribution in [3.63, 3.8) is 0 Å². The number of aromatic nitrogens is 1. The van der Waals surface area contributed by atoms with Crippen LogP contribution in [0.25, 0.3) is 10.9 Å². The Morgan fingerprint density at radius 1 is 1.12 bits per heavy atom. The van der Waals surface area contributed by atoms with E-state index in [1.54, 1.807) is 0 Å². The summed E-state index contributed by atoms with van der Waals surface area (Å²) in [6.07, 6.45) is 4.04. The predicted molar refractivity (Wildman–Crippen MR) is 98.5 cm³/mol. The van der Waals surface area contributed by atoms with Gasteiger partial charge in [0.15, 0.2) is 5.43 Å². The number of H-pyrrole nitrogens is 1. The lowest BCUT2D eigenvalue weighted by Gasteiger charge is -2.44. The maximum Gasteiger partial charge on any atom is 0.189 e. The van der Waals surface area contributed by atoms with Crippen LogP contribution in [-0.4, -0.2) is 47.0 Å². The number of piperidine rings is 1. The standard InChI is InChI=1S/C20H27N3O/c1-14-6-7-15(2)20-19(14)18(24)11-16(21-20)12-22-9-10-23-8-4-3-5-17(23)13-22/h6-7,11,17H,3-5,8-10,12-13H2,1-2H3,(H,21,24)/t17-/m1/s1. The third-order valence-electron chi connectivity index (χ3n) is 5.77. The SMILES string of the molecule is Cc1ccc(C)c2c(=O)cc(CN3CCN4CCCC[C@@H]4C3)[nH]c12. The summed E-state index contributed by atoms with van der Waals surface area (Å²) in [5, 5.41) is 0.843. The first-order valence-corrected chi connectivity index (χ1v) is 9.20. The maximum atomic E-state index is 12.6. The van der Waals surface area contributed by atoms with E-state index in [0.29, 0.717) is 6.04 Å². The molecule has 1 N–H and O–H groups in total. The van der Waals surface area contributed by atoms with E-state index in [1.807, 2.05) is 19.1 Å². The zero-order valence-electron chi connectivity index (χ0n) is 14.8. The number of pyridine rings is 1. The molecule has 128 valence electrons. The van der Waals surface area contributed by atoms with Crippen LogP contribution in [0.15, 0.2) is 23.0 Å².